The average Bonchev–Trinajstić information content (AvgIpc) is 2.97. The van der Waals surface area contributed by atoms with Gasteiger partial charge in [0.1, 0.15) is 0 Å². The van der Waals surface area contributed by atoms with Gasteiger partial charge in [-0.2, -0.15) is 11.3 Å². The van der Waals surface area contributed by atoms with Crippen molar-refractivity contribution < 1.29 is 14.3 Å². The molecule has 1 aliphatic carbocycles. The summed E-state index contributed by atoms with van der Waals surface area (Å²) in [4.78, 5) is 14.5. The van der Waals surface area contributed by atoms with E-state index in [1.54, 1.807) is 18.4 Å². The molecule has 2 aliphatic rings. The summed E-state index contributed by atoms with van der Waals surface area (Å²) in [5.74, 6) is 0. The molecule has 5 nitrogen and oxygen atoms in total. The molecule has 1 saturated carbocycles. The molecule has 0 unspecified atom stereocenters. The van der Waals surface area contributed by atoms with E-state index in [0.717, 1.165) is 38.9 Å². The van der Waals surface area contributed by atoms with Crippen LogP contribution in [0, 0.1) is 5.41 Å². The first-order valence-electron chi connectivity index (χ1n) is 8.35. The van der Waals surface area contributed by atoms with E-state index in [4.69, 9.17) is 9.47 Å². The number of hydrogen-bond donors (Lipinski definition) is 1. The summed E-state index contributed by atoms with van der Waals surface area (Å²) in [5, 5.41) is 7.26. The van der Waals surface area contributed by atoms with Gasteiger partial charge in [0.05, 0.1) is 12.7 Å². The predicted octanol–water partition coefficient (Wildman–Crippen LogP) is 2.87. The van der Waals surface area contributed by atoms with Gasteiger partial charge in [-0.1, -0.05) is 0 Å². The first-order valence-corrected chi connectivity index (χ1v) is 9.29. The molecule has 1 N–H and O–H groups in total. The third kappa shape index (κ3) is 4.68. The van der Waals surface area contributed by atoms with Crippen molar-refractivity contribution in [3.8, 4) is 0 Å². The van der Waals surface area contributed by atoms with Crippen LogP contribution < -0.4 is 5.32 Å². The lowest BCUT2D eigenvalue weighted by Crippen LogP contribution is -2.45. The van der Waals surface area contributed by atoms with Crippen LogP contribution in [-0.4, -0.2) is 50.4 Å². The molecule has 2 fully saturated rings. The highest BCUT2D eigenvalue weighted by molar-refractivity contribution is 7.07. The number of urea groups is 1. The van der Waals surface area contributed by atoms with Crippen LogP contribution in [0.15, 0.2) is 16.8 Å². The van der Waals surface area contributed by atoms with Gasteiger partial charge in [0, 0.05) is 38.8 Å². The molecule has 128 valence electrons. The number of carbonyl (C=O) groups is 1. The molecular weight excluding hydrogens is 312 g/mol. The molecule has 2 amide bonds. The van der Waals surface area contributed by atoms with Crippen molar-refractivity contribution in [3.05, 3.63) is 22.4 Å². The Kier molecular flexibility index (Phi) is 5.56. The number of nitrogens with one attached hydrogen (secondary N) is 1. The normalized spacial score (nSPS) is 22.0. The van der Waals surface area contributed by atoms with Crippen LogP contribution in [0.1, 0.15) is 31.2 Å². The van der Waals surface area contributed by atoms with Crippen LogP contribution in [-0.2, 0) is 16.0 Å². The third-order valence-corrected chi connectivity index (χ3v) is 5.44. The predicted molar refractivity (Wildman–Crippen MR) is 90.6 cm³/mol. The molecule has 1 aliphatic heterocycles. The summed E-state index contributed by atoms with van der Waals surface area (Å²) in [6.07, 6.45) is 4.58. The number of amides is 2. The maximum atomic E-state index is 12.7. The van der Waals surface area contributed by atoms with Crippen LogP contribution >= 0.6 is 11.3 Å². The van der Waals surface area contributed by atoms with E-state index < -0.39 is 0 Å². The minimum absolute atomic E-state index is 0.00841. The van der Waals surface area contributed by atoms with E-state index in [0.29, 0.717) is 19.6 Å². The summed E-state index contributed by atoms with van der Waals surface area (Å²) in [6.45, 7) is 3.55. The molecule has 0 radical (unpaired) electrons. The third-order valence-electron chi connectivity index (χ3n) is 4.71. The minimum atomic E-state index is 0.00841. The summed E-state index contributed by atoms with van der Waals surface area (Å²) < 4.78 is 11.0. The number of nitrogens with zero attached hydrogens (tertiary/aromatic N) is 1. The van der Waals surface area contributed by atoms with Crippen LogP contribution in [0.3, 0.4) is 0 Å². The fraction of sp³-hybridized carbons (Fsp3) is 0.706. The van der Waals surface area contributed by atoms with Crippen LogP contribution in [0.4, 0.5) is 4.79 Å². The lowest BCUT2D eigenvalue weighted by molar-refractivity contribution is 0.0785. The van der Waals surface area contributed by atoms with Crippen molar-refractivity contribution in [2.75, 3.05) is 33.4 Å². The Morgan fingerprint density at radius 1 is 1.57 bits per heavy atom. The lowest BCUT2D eigenvalue weighted by atomic mass is 10.1. The van der Waals surface area contributed by atoms with Gasteiger partial charge >= 0.3 is 6.03 Å². The van der Waals surface area contributed by atoms with Crippen LogP contribution in [0.25, 0.3) is 0 Å². The molecular formula is C17H26N2O3S. The second-order valence-electron chi connectivity index (χ2n) is 6.74. The fourth-order valence-corrected chi connectivity index (χ4v) is 3.75. The van der Waals surface area contributed by atoms with Crippen LogP contribution in [0.2, 0.25) is 0 Å². The van der Waals surface area contributed by atoms with Crippen molar-refractivity contribution in [1.29, 1.82) is 0 Å². The standard InChI is InChI=1S/C17H26N2O3S/c1-21-13-17(5-6-17)12-18-16(20)19(9-14-4-8-23-11-14)10-15-3-2-7-22-15/h4,8,11,15H,2-3,5-7,9-10,12-13H2,1H3,(H,18,20)/t15-/m0/s1. The number of rotatable bonds is 8. The van der Waals surface area contributed by atoms with Gasteiger partial charge in [-0.3, -0.25) is 0 Å². The molecule has 1 atom stereocenters. The van der Waals surface area contributed by atoms with E-state index in [9.17, 15) is 4.79 Å². The van der Waals surface area contributed by atoms with Gasteiger partial charge in [0.25, 0.3) is 0 Å². The fourth-order valence-electron chi connectivity index (χ4n) is 3.09. The first kappa shape index (κ1) is 16.7. The van der Waals surface area contributed by atoms with Gasteiger partial charge in [0.15, 0.2) is 0 Å². The summed E-state index contributed by atoms with van der Waals surface area (Å²) in [7, 11) is 1.72. The van der Waals surface area contributed by atoms with E-state index in [-0.39, 0.29) is 17.6 Å². The molecule has 3 rings (SSSR count). The van der Waals surface area contributed by atoms with Gasteiger partial charge in [-0.15, -0.1) is 0 Å². The molecule has 0 bridgehead atoms. The summed E-state index contributed by atoms with van der Waals surface area (Å²) >= 11 is 1.66. The topological polar surface area (TPSA) is 50.8 Å². The molecule has 23 heavy (non-hydrogen) atoms. The number of carbonyl (C=O) groups excluding carboxylic acids is 1. The zero-order valence-corrected chi connectivity index (χ0v) is 14.6. The minimum Gasteiger partial charge on any atom is -0.384 e. The van der Waals surface area contributed by atoms with Crippen molar-refractivity contribution >= 4 is 17.4 Å². The zero-order chi connectivity index (χ0) is 16.1. The summed E-state index contributed by atoms with van der Waals surface area (Å²) in [5.41, 5.74) is 1.35. The quantitative estimate of drug-likeness (QED) is 0.793. The Morgan fingerprint density at radius 2 is 2.43 bits per heavy atom. The largest absolute Gasteiger partial charge is 0.384 e. The Hall–Kier alpha value is -1.11. The lowest BCUT2D eigenvalue weighted by Gasteiger charge is -2.26. The first-order chi connectivity index (χ1) is 11.2. The summed E-state index contributed by atoms with van der Waals surface area (Å²) in [6, 6.07) is 2.09. The second-order valence-corrected chi connectivity index (χ2v) is 7.52. The Bertz CT molecular complexity index is 496. The maximum Gasteiger partial charge on any atom is 0.317 e. The van der Waals surface area contributed by atoms with E-state index in [1.165, 1.54) is 5.56 Å². The van der Waals surface area contributed by atoms with Crippen molar-refractivity contribution in [2.45, 2.75) is 38.3 Å². The second kappa shape index (κ2) is 7.64. The van der Waals surface area contributed by atoms with E-state index in [2.05, 4.69) is 22.1 Å². The van der Waals surface area contributed by atoms with Crippen molar-refractivity contribution in [3.63, 3.8) is 0 Å². The van der Waals surface area contributed by atoms with Crippen molar-refractivity contribution in [1.82, 2.24) is 10.2 Å². The zero-order valence-electron chi connectivity index (χ0n) is 13.8. The molecule has 2 heterocycles. The number of hydrogen-bond acceptors (Lipinski definition) is 4. The maximum absolute atomic E-state index is 12.7. The van der Waals surface area contributed by atoms with Crippen LogP contribution in [0.5, 0.6) is 0 Å². The van der Waals surface area contributed by atoms with E-state index >= 15 is 0 Å². The van der Waals surface area contributed by atoms with Gasteiger partial charge in [-0.05, 0) is 48.1 Å². The van der Waals surface area contributed by atoms with Gasteiger partial charge in [-0.25, -0.2) is 4.79 Å². The SMILES string of the molecule is COCC1(CNC(=O)N(Cc2ccsc2)C[C@@H]2CCCO2)CC1. The molecule has 6 heteroatoms. The average molecular weight is 338 g/mol. The Labute approximate surface area is 142 Å². The monoisotopic (exact) mass is 338 g/mol. The molecule has 0 spiro atoms. The molecule has 1 saturated heterocycles. The number of methoxy groups -OCH3 is 1. The van der Waals surface area contributed by atoms with Gasteiger partial charge in [0.2, 0.25) is 0 Å². The Balaban J connectivity index is 1.55. The van der Waals surface area contributed by atoms with Gasteiger partial charge < -0.3 is 19.7 Å². The Morgan fingerprint density at radius 3 is 3.04 bits per heavy atom. The number of ether oxygens (including phenoxy) is 2. The smallest absolute Gasteiger partial charge is 0.317 e. The molecule has 1 aromatic rings. The number of thiophene rings is 1. The van der Waals surface area contributed by atoms with E-state index in [1.807, 2.05) is 4.90 Å². The molecule has 0 aromatic carbocycles. The highest BCUT2D eigenvalue weighted by Gasteiger charge is 2.43. The molecule has 1 aromatic heterocycles. The van der Waals surface area contributed by atoms with Crippen molar-refractivity contribution in [2.24, 2.45) is 5.41 Å². The highest BCUT2D eigenvalue weighted by Crippen LogP contribution is 2.45. The highest BCUT2D eigenvalue weighted by atomic mass is 32.1.